The molecule has 0 saturated heterocycles. The lowest BCUT2D eigenvalue weighted by molar-refractivity contribution is 0.587. The molecule has 0 saturated carbocycles. The minimum absolute atomic E-state index is 0.0657. The summed E-state index contributed by atoms with van der Waals surface area (Å²) in [5.41, 5.74) is 0.938. The molecular formula is C15H15ClO4S2. The lowest BCUT2D eigenvalue weighted by Crippen LogP contribution is -2.17. The van der Waals surface area contributed by atoms with E-state index in [1.807, 2.05) is 6.92 Å². The first-order valence-electron chi connectivity index (χ1n) is 6.48. The van der Waals surface area contributed by atoms with Crippen LogP contribution in [-0.2, 0) is 19.7 Å². The standard InChI is InChI=1S/C15H15ClO4S2/c1-12-2-6-14(7-3-12)21(17,18)10-11-22(19,20)15-8-4-13(16)5-9-15/h2-9H,10-11H2,1H3. The Labute approximate surface area is 135 Å². The van der Waals surface area contributed by atoms with Crippen LogP contribution in [0, 0.1) is 6.92 Å². The largest absolute Gasteiger partial charge is 0.224 e. The maximum absolute atomic E-state index is 12.2. The third-order valence-corrected chi connectivity index (χ3v) is 7.15. The molecule has 22 heavy (non-hydrogen) atoms. The molecule has 0 fully saturated rings. The van der Waals surface area contributed by atoms with Crippen molar-refractivity contribution < 1.29 is 16.8 Å². The van der Waals surface area contributed by atoms with Crippen LogP contribution in [-0.4, -0.2) is 28.3 Å². The second kappa shape index (κ2) is 6.40. The van der Waals surface area contributed by atoms with Gasteiger partial charge in [0.2, 0.25) is 0 Å². The molecule has 0 aliphatic carbocycles. The van der Waals surface area contributed by atoms with Crippen LogP contribution < -0.4 is 0 Å². The summed E-state index contributed by atoms with van der Waals surface area (Å²) in [6, 6.07) is 12.0. The van der Waals surface area contributed by atoms with Gasteiger partial charge >= 0.3 is 0 Å². The lowest BCUT2D eigenvalue weighted by Gasteiger charge is -2.07. The van der Waals surface area contributed by atoms with Crippen LogP contribution in [0.3, 0.4) is 0 Å². The van der Waals surface area contributed by atoms with Gasteiger partial charge in [0.15, 0.2) is 19.7 Å². The Bertz CT molecular complexity index is 777. The molecule has 0 spiro atoms. The van der Waals surface area contributed by atoms with Crippen molar-refractivity contribution in [3.8, 4) is 0 Å². The van der Waals surface area contributed by atoms with Crippen molar-refractivity contribution in [2.75, 3.05) is 11.5 Å². The number of rotatable bonds is 5. The van der Waals surface area contributed by atoms with E-state index in [0.717, 1.165) is 5.56 Å². The molecule has 2 aromatic carbocycles. The van der Waals surface area contributed by atoms with Crippen molar-refractivity contribution in [3.05, 3.63) is 59.1 Å². The normalized spacial score (nSPS) is 12.3. The average Bonchev–Trinajstić information content (AvgIpc) is 2.46. The molecule has 2 aromatic rings. The topological polar surface area (TPSA) is 68.3 Å². The first-order valence-corrected chi connectivity index (χ1v) is 10.2. The van der Waals surface area contributed by atoms with Gasteiger partial charge in [0.1, 0.15) is 0 Å². The number of hydrogen-bond acceptors (Lipinski definition) is 4. The molecule has 0 atom stereocenters. The van der Waals surface area contributed by atoms with E-state index in [0.29, 0.717) is 5.02 Å². The molecule has 0 aliphatic heterocycles. The van der Waals surface area contributed by atoms with Crippen LogP contribution in [0.5, 0.6) is 0 Å². The van der Waals surface area contributed by atoms with E-state index >= 15 is 0 Å². The van der Waals surface area contributed by atoms with Crippen molar-refractivity contribution >= 4 is 31.3 Å². The molecule has 2 rings (SSSR count). The number of hydrogen-bond donors (Lipinski definition) is 0. The zero-order valence-electron chi connectivity index (χ0n) is 11.9. The fourth-order valence-corrected chi connectivity index (χ4v) is 5.30. The van der Waals surface area contributed by atoms with Crippen LogP contribution in [0.1, 0.15) is 5.56 Å². The van der Waals surface area contributed by atoms with Crippen LogP contribution in [0.25, 0.3) is 0 Å². The Morgan fingerprint density at radius 2 is 1.09 bits per heavy atom. The molecule has 7 heteroatoms. The third kappa shape index (κ3) is 4.09. The summed E-state index contributed by atoms with van der Waals surface area (Å²) < 4.78 is 48.7. The molecule has 0 heterocycles. The summed E-state index contributed by atoms with van der Waals surface area (Å²) in [5.74, 6) is -0.925. The van der Waals surface area contributed by atoms with Gasteiger partial charge in [-0.3, -0.25) is 0 Å². The van der Waals surface area contributed by atoms with Crippen molar-refractivity contribution in [3.63, 3.8) is 0 Å². The van der Waals surface area contributed by atoms with E-state index < -0.39 is 31.2 Å². The molecular weight excluding hydrogens is 344 g/mol. The molecule has 0 aromatic heterocycles. The highest BCUT2D eigenvalue weighted by molar-refractivity contribution is 7.95. The fourth-order valence-electron chi connectivity index (χ4n) is 1.84. The molecule has 0 aliphatic rings. The van der Waals surface area contributed by atoms with Gasteiger partial charge in [0.05, 0.1) is 21.3 Å². The second-order valence-electron chi connectivity index (χ2n) is 4.90. The molecule has 0 amide bonds. The van der Waals surface area contributed by atoms with Crippen LogP contribution in [0.15, 0.2) is 58.3 Å². The monoisotopic (exact) mass is 358 g/mol. The van der Waals surface area contributed by atoms with Gasteiger partial charge in [-0.2, -0.15) is 0 Å². The first kappa shape index (κ1) is 17.0. The summed E-state index contributed by atoms with van der Waals surface area (Å²) in [6.07, 6.45) is 0. The van der Waals surface area contributed by atoms with Crippen molar-refractivity contribution in [1.82, 2.24) is 0 Å². The Balaban J connectivity index is 2.17. The number of sulfone groups is 2. The zero-order valence-corrected chi connectivity index (χ0v) is 14.2. The lowest BCUT2D eigenvalue weighted by atomic mass is 10.2. The first-order chi connectivity index (χ1) is 10.2. The van der Waals surface area contributed by atoms with Crippen molar-refractivity contribution in [2.24, 2.45) is 0 Å². The highest BCUT2D eigenvalue weighted by atomic mass is 35.5. The number of benzene rings is 2. The highest BCUT2D eigenvalue weighted by Gasteiger charge is 2.21. The smallest absolute Gasteiger partial charge is 0.179 e. The molecule has 0 unspecified atom stereocenters. The van der Waals surface area contributed by atoms with Crippen LogP contribution >= 0.6 is 11.6 Å². The quantitative estimate of drug-likeness (QED) is 0.824. The van der Waals surface area contributed by atoms with Crippen LogP contribution in [0.2, 0.25) is 5.02 Å². The third-order valence-electron chi connectivity index (χ3n) is 3.17. The van der Waals surface area contributed by atoms with Gasteiger partial charge in [0.25, 0.3) is 0 Å². The zero-order chi connectivity index (χ0) is 16.4. The molecule has 0 radical (unpaired) electrons. The molecule has 0 bridgehead atoms. The van der Waals surface area contributed by atoms with Gasteiger partial charge in [-0.1, -0.05) is 29.3 Å². The summed E-state index contributed by atoms with van der Waals surface area (Å²) in [4.78, 5) is 0.195. The predicted molar refractivity (Wildman–Crippen MR) is 86.7 cm³/mol. The Morgan fingerprint density at radius 1 is 0.727 bits per heavy atom. The average molecular weight is 359 g/mol. The molecule has 4 nitrogen and oxygen atoms in total. The van der Waals surface area contributed by atoms with E-state index in [2.05, 4.69) is 0 Å². The van der Waals surface area contributed by atoms with Crippen molar-refractivity contribution in [1.29, 1.82) is 0 Å². The van der Waals surface area contributed by atoms with E-state index in [9.17, 15) is 16.8 Å². The maximum Gasteiger partial charge on any atom is 0.179 e. The maximum atomic E-state index is 12.2. The van der Waals surface area contributed by atoms with Gasteiger partial charge < -0.3 is 0 Å². The van der Waals surface area contributed by atoms with Gasteiger partial charge in [-0.25, -0.2) is 16.8 Å². The summed E-state index contributed by atoms with van der Waals surface area (Å²) in [7, 11) is -7.30. The van der Waals surface area contributed by atoms with Gasteiger partial charge in [-0.15, -0.1) is 0 Å². The second-order valence-corrected chi connectivity index (χ2v) is 9.56. The minimum atomic E-state index is -3.66. The summed E-state index contributed by atoms with van der Waals surface area (Å²) >= 11 is 5.71. The Morgan fingerprint density at radius 3 is 1.50 bits per heavy atom. The van der Waals surface area contributed by atoms with E-state index in [1.54, 1.807) is 12.1 Å². The van der Waals surface area contributed by atoms with E-state index in [-0.39, 0.29) is 9.79 Å². The predicted octanol–water partition coefficient (Wildman–Crippen LogP) is 2.90. The van der Waals surface area contributed by atoms with Crippen molar-refractivity contribution in [2.45, 2.75) is 16.7 Å². The Hall–Kier alpha value is -1.37. The van der Waals surface area contributed by atoms with Gasteiger partial charge in [0, 0.05) is 5.02 Å². The highest BCUT2D eigenvalue weighted by Crippen LogP contribution is 2.18. The van der Waals surface area contributed by atoms with E-state index in [1.165, 1.54) is 36.4 Å². The Kier molecular flexibility index (Phi) is 4.94. The number of aryl methyl sites for hydroxylation is 1. The summed E-state index contributed by atoms with van der Waals surface area (Å²) in [6.45, 7) is 1.85. The SMILES string of the molecule is Cc1ccc(S(=O)(=O)CCS(=O)(=O)c2ccc(Cl)cc2)cc1. The fraction of sp³-hybridized carbons (Fsp3) is 0.200. The number of halogens is 1. The molecule has 0 N–H and O–H groups in total. The van der Waals surface area contributed by atoms with Crippen LogP contribution in [0.4, 0.5) is 0 Å². The molecule has 118 valence electrons. The van der Waals surface area contributed by atoms with E-state index in [4.69, 9.17) is 11.6 Å². The summed E-state index contributed by atoms with van der Waals surface area (Å²) in [5, 5.41) is 0.422. The van der Waals surface area contributed by atoms with Gasteiger partial charge in [-0.05, 0) is 43.3 Å². The minimum Gasteiger partial charge on any atom is -0.224 e.